The van der Waals surface area contributed by atoms with Gasteiger partial charge in [-0.15, -0.1) is 0 Å². The molecule has 4 aliphatic heterocycles. The van der Waals surface area contributed by atoms with E-state index in [1.54, 1.807) is 0 Å². The van der Waals surface area contributed by atoms with Gasteiger partial charge in [0, 0.05) is 0 Å². The Kier molecular flexibility index (Phi) is 8.61. The maximum absolute atomic E-state index is 6.35. The Labute approximate surface area is 241 Å². The molecule has 0 bridgehead atoms. The first-order valence-electron chi connectivity index (χ1n) is 14.3. The molecule has 6 rings (SSSR count). The van der Waals surface area contributed by atoms with Crippen molar-refractivity contribution in [2.45, 2.75) is 102 Å². The Morgan fingerprint density at radius 1 is 0.610 bits per heavy atom. The van der Waals surface area contributed by atoms with Crippen LogP contribution in [-0.2, 0) is 55.8 Å². The van der Waals surface area contributed by atoms with Crippen molar-refractivity contribution >= 4 is 0 Å². The quantitative estimate of drug-likeness (QED) is 0.385. The van der Waals surface area contributed by atoms with Crippen LogP contribution in [0.5, 0.6) is 0 Å². The summed E-state index contributed by atoms with van der Waals surface area (Å²) >= 11 is 0. The fourth-order valence-corrected chi connectivity index (χ4v) is 5.66. The van der Waals surface area contributed by atoms with Gasteiger partial charge in [-0.25, -0.2) is 0 Å². The summed E-state index contributed by atoms with van der Waals surface area (Å²) in [5, 5.41) is 0. The van der Waals surface area contributed by atoms with E-state index in [9.17, 15) is 0 Å². The Balaban J connectivity index is 1.09. The number of ether oxygens (including phenoxy) is 9. The predicted octanol–water partition coefficient (Wildman–Crippen LogP) is 4.48. The van der Waals surface area contributed by atoms with Crippen molar-refractivity contribution < 1.29 is 42.6 Å². The van der Waals surface area contributed by atoms with Gasteiger partial charge in [0.1, 0.15) is 36.6 Å². The highest BCUT2D eigenvalue weighted by Gasteiger charge is 2.60. The van der Waals surface area contributed by atoms with E-state index in [0.29, 0.717) is 19.8 Å². The fraction of sp³-hybridized carbons (Fsp3) is 0.562. The Morgan fingerprint density at radius 2 is 1.24 bits per heavy atom. The third-order valence-electron chi connectivity index (χ3n) is 7.49. The normalized spacial score (nSPS) is 35.2. The molecule has 0 radical (unpaired) electrons. The molecule has 0 spiro atoms. The average Bonchev–Trinajstić information content (AvgIpc) is 3.46. The van der Waals surface area contributed by atoms with Gasteiger partial charge in [0.25, 0.3) is 0 Å². The molecule has 2 aromatic rings. The molecular formula is C32H40O9. The Hall–Kier alpha value is -2.18. The zero-order valence-electron chi connectivity index (χ0n) is 24.0. The summed E-state index contributed by atoms with van der Waals surface area (Å²) in [4.78, 5) is 0. The van der Waals surface area contributed by atoms with Gasteiger partial charge in [0.05, 0.1) is 26.4 Å². The molecule has 0 aromatic heterocycles. The minimum Gasteiger partial charge on any atom is -0.374 e. The van der Waals surface area contributed by atoms with E-state index in [-0.39, 0.29) is 37.1 Å². The molecule has 1 unspecified atom stereocenters. The zero-order chi connectivity index (χ0) is 28.5. The minimum atomic E-state index is -0.775. The molecule has 9 heteroatoms. The maximum atomic E-state index is 6.35. The first-order valence-corrected chi connectivity index (χ1v) is 14.3. The van der Waals surface area contributed by atoms with Crippen LogP contribution >= 0.6 is 0 Å². The summed E-state index contributed by atoms with van der Waals surface area (Å²) in [7, 11) is 0. The van der Waals surface area contributed by atoms with Gasteiger partial charge in [0.15, 0.2) is 24.2 Å². The second kappa shape index (κ2) is 12.2. The van der Waals surface area contributed by atoms with Crippen LogP contribution in [0.2, 0.25) is 0 Å². The monoisotopic (exact) mass is 568 g/mol. The molecule has 0 N–H and O–H groups in total. The van der Waals surface area contributed by atoms with E-state index in [2.05, 4.69) is 0 Å². The fourth-order valence-electron chi connectivity index (χ4n) is 5.66. The smallest absolute Gasteiger partial charge is 0.190 e. The number of hydrogen-bond acceptors (Lipinski definition) is 9. The van der Waals surface area contributed by atoms with Crippen LogP contribution in [0.4, 0.5) is 0 Å². The second-order valence-corrected chi connectivity index (χ2v) is 11.7. The lowest BCUT2D eigenvalue weighted by atomic mass is 9.99. The number of rotatable bonds is 10. The van der Waals surface area contributed by atoms with Gasteiger partial charge >= 0.3 is 0 Å². The largest absolute Gasteiger partial charge is 0.374 e. The minimum absolute atomic E-state index is 0.218. The summed E-state index contributed by atoms with van der Waals surface area (Å²) in [5.41, 5.74) is 2.19. The molecule has 4 heterocycles. The molecular weight excluding hydrogens is 528 g/mol. The predicted molar refractivity (Wildman–Crippen MR) is 147 cm³/mol. The molecule has 8 atom stereocenters. The average molecular weight is 569 g/mol. The molecule has 9 nitrogen and oxygen atoms in total. The number of benzene rings is 2. The van der Waals surface area contributed by atoms with E-state index in [1.165, 1.54) is 0 Å². The van der Waals surface area contributed by atoms with Crippen LogP contribution in [-0.4, -0.2) is 74.0 Å². The van der Waals surface area contributed by atoms with Crippen LogP contribution in [0.3, 0.4) is 0 Å². The van der Waals surface area contributed by atoms with Crippen LogP contribution in [0.15, 0.2) is 72.8 Å². The molecule has 0 amide bonds. The van der Waals surface area contributed by atoms with Crippen molar-refractivity contribution in [1.82, 2.24) is 0 Å². The van der Waals surface area contributed by atoms with E-state index < -0.39 is 30.3 Å². The van der Waals surface area contributed by atoms with Crippen molar-refractivity contribution in [3.05, 3.63) is 83.9 Å². The van der Waals surface area contributed by atoms with E-state index >= 15 is 0 Å². The Bertz CT molecular complexity index is 1150. The second-order valence-electron chi connectivity index (χ2n) is 11.7. The summed E-state index contributed by atoms with van der Waals surface area (Å²) in [6.45, 7) is 9.03. The topological polar surface area (TPSA) is 83.1 Å². The first-order chi connectivity index (χ1) is 19.7. The molecule has 3 fully saturated rings. The van der Waals surface area contributed by atoms with Gasteiger partial charge in [-0.05, 0) is 44.9 Å². The molecule has 4 aliphatic rings. The van der Waals surface area contributed by atoms with Crippen molar-refractivity contribution in [2.24, 2.45) is 0 Å². The highest BCUT2D eigenvalue weighted by atomic mass is 16.9. The standard InChI is InChI=1S/C32H40O9/c1-31(2)38-27-25(37-30-29(28(27)39-31)40-32(3,4)41-30)20-35-26-16-15-23(34-18-22-13-9-6-10-14-22)24(36-26)19-33-17-21-11-7-5-8-12-21/h5-16,23-30H,17-20H2,1-4H3/t23-,24-,25-,26+,27+,28+,29-,30?/m1/s1. The van der Waals surface area contributed by atoms with Crippen molar-refractivity contribution in [2.75, 3.05) is 13.2 Å². The van der Waals surface area contributed by atoms with Gasteiger partial charge in [-0.1, -0.05) is 66.7 Å². The maximum Gasteiger partial charge on any atom is 0.190 e. The van der Waals surface area contributed by atoms with E-state index in [0.717, 1.165) is 11.1 Å². The van der Waals surface area contributed by atoms with Crippen LogP contribution < -0.4 is 0 Å². The molecule has 2 aromatic carbocycles. The van der Waals surface area contributed by atoms with Gasteiger partial charge in [0.2, 0.25) is 0 Å². The van der Waals surface area contributed by atoms with Crippen molar-refractivity contribution in [3.8, 4) is 0 Å². The molecule has 0 saturated carbocycles. The third-order valence-corrected chi connectivity index (χ3v) is 7.49. The Morgan fingerprint density at radius 3 is 1.98 bits per heavy atom. The molecule has 41 heavy (non-hydrogen) atoms. The van der Waals surface area contributed by atoms with Crippen molar-refractivity contribution in [3.63, 3.8) is 0 Å². The summed E-state index contributed by atoms with van der Waals surface area (Å²) < 4.78 is 55.7. The van der Waals surface area contributed by atoms with Crippen LogP contribution in [0.25, 0.3) is 0 Å². The lowest BCUT2D eigenvalue weighted by Crippen LogP contribution is -2.56. The van der Waals surface area contributed by atoms with E-state index in [1.807, 2.05) is 101 Å². The highest BCUT2D eigenvalue weighted by Crippen LogP contribution is 2.44. The van der Waals surface area contributed by atoms with Gasteiger partial charge in [-0.3, -0.25) is 0 Å². The summed E-state index contributed by atoms with van der Waals surface area (Å²) in [6, 6.07) is 20.1. The molecule has 222 valence electrons. The summed E-state index contributed by atoms with van der Waals surface area (Å²) in [6.07, 6.45) is 0.507. The number of hydrogen-bond donors (Lipinski definition) is 0. The SMILES string of the molecule is CC1(C)O[C@@H]2[C@H](O1)[C@H]1OC(C)(C)OC1O[C@@H]2CO[C@@H]1C=C[C@@H](OCc2ccccc2)[C@@H](COCc2ccccc2)O1. The number of fused-ring (bicyclic) bond motifs is 3. The highest BCUT2D eigenvalue weighted by molar-refractivity contribution is 5.14. The van der Waals surface area contributed by atoms with Crippen molar-refractivity contribution in [1.29, 1.82) is 0 Å². The van der Waals surface area contributed by atoms with Crippen LogP contribution in [0, 0.1) is 0 Å². The molecule has 3 saturated heterocycles. The zero-order valence-corrected chi connectivity index (χ0v) is 24.0. The van der Waals surface area contributed by atoms with Gasteiger partial charge < -0.3 is 42.6 Å². The lowest BCUT2D eigenvalue weighted by molar-refractivity contribution is -0.260. The third kappa shape index (κ3) is 7.07. The van der Waals surface area contributed by atoms with Gasteiger partial charge in [-0.2, -0.15) is 0 Å². The van der Waals surface area contributed by atoms with Crippen LogP contribution in [0.1, 0.15) is 38.8 Å². The lowest BCUT2D eigenvalue weighted by Gasteiger charge is -2.38. The first kappa shape index (κ1) is 28.9. The summed E-state index contributed by atoms with van der Waals surface area (Å²) in [5.74, 6) is -1.55. The van der Waals surface area contributed by atoms with E-state index in [4.69, 9.17) is 42.6 Å². The molecule has 0 aliphatic carbocycles.